The van der Waals surface area contributed by atoms with Gasteiger partial charge in [0.25, 0.3) is 0 Å². The van der Waals surface area contributed by atoms with Gasteiger partial charge in [-0.05, 0) is 49.4 Å². The topological polar surface area (TPSA) is 55.1 Å². The molecule has 0 heterocycles. The SMILES string of the molecule is CCC1CCCCC1(Nc1cc(C)cc(F)c1)C(N)=O. The van der Waals surface area contributed by atoms with Gasteiger partial charge in [0.15, 0.2) is 0 Å². The van der Waals surface area contributed by atoms with Gasteiger partial charge in [0, 0.05) is 5.69 Å². The van der Waals surface area contributed by atoms with Gasteiger partial charge >= 0.3 is 0 Å². The van der Waals surface area contributed by atoms with Crippen molar-refractivity contribution >= 4 is 11.6 Å². The Bertz CT molecular complexity index is 483. The van der Waals surface area contributed by atoms with Gasteiger partial charge in [-0.3, -0.25) is 4.79 Å². The highest BCUT2D eigenvalue weighted by Crippen LogP contribution is 2.38. The first-order valence-electron chi connectivity index (χ1n) is 7.33. The van der Waals surface area contributed by atoms with E-state index in [-0.39, 0.29) is 17.6 Å². The van der Waals surface area contributed by atoms with E-state index in [4.69, 9.17) is 5.73 Å². The molecule has 2 unspecified atom stereocenters. The average molecular weight is 278 g/mol. The van der Waals surface area contributed by atoms with Gasteiger partial charge < -0.3 is 11.1 Å². The van der Waals surface area contributed by atoms with Gasteiger partial charge in [0.1, 0.15) is 11.4 Å². The molecule has 0 aliphatic heterocycles. The first-order chi connectivity index (χ1) is 9.48. The quantitative estimate of drug-likeness (QED) is 0.887. The Balaban J connectivity index is 2.35. The summed E-state index contributed by atoms with van der Waals surface area (Å²) < 4.78 is 13.5. The number of amides is 1. The number of benzene rings is 1. The number of nitrogens with two attached hydrogens (primary N) is 1. The molecule has 0 spiro atoms. The summed E-state index contributed by atoms with van der Waals surface area (Å²) >= 11 is 0. The first kappa shape index (κ1) is 14.8. The molecular weight excluding hydrogens is 255 g/mol. The van der Waals surface area contributed by atoms with Crippen molar-refractivity contribution in [1.82, 2.24) is 0 Å². The molecule has 1 amide bonds. The Kier molecular flexibility index (Phi) is 4.31. The van der Waals surface area contributed by atoms with Crippen LogP contribution in [0.5, 0.6) is 0 Å². The van der Waals surface area contributed by atoms with E-state index in [0.29, 0.717) is 5.69 Å². The summed E-state index contributed by atoms with van der Waals surface area (Å²) in [6.45, 7) is 3.91. The van der Waals surface area contributed by atoms with Crippen LogP contribution in [0.2, 0.25) is 0 Å². The third-order valence-corrected chi connectivity index (χ3v) is 4.41. The summed E-state index contributed by atoms with van der Waals surface area (Å²) in [5, 5.41) is 3.26. The Hall–Kier alpha value is -1.58. The van der Waals surface area contributed by atoms with Crippen LogP contribution in [0, 0.1) is 18.7 Å². The monoisotopic (exact) mass is 278 g/mol. The smallest absolute Gasteiger partial charge is 0.243 e. The highest BCUT2D eigenvalue weighted by atomic mass is 19.1. The number of hydrogen-bond donors (Lipinski definition) is 2. The van der Waals surface area contributed by atoms with E-state index in [0.717, 1.165) is 37.7 Å². The summed E-state index contributed by atoms with van der Waals surface area (Å²) in [5.41, 5.74) is 6.42. The molecule has 0 aromatic heterocycles. The standard InChI is InChI=1S/C16H23FN2O/c1-3-12-6-4-5-7-16(12,15(18)20)19-14-9-11(2)8-13(17)10-14/h8-10,12,19H,3-7H2,1-2H3,(H2,18,20). The number of carbonyl (C=O) groups excluding carboxylic acids is 1. The highest BCUT2D eigenvalue weighted by molar-refractivity contribution is 5.88. The van der Waals surface area contributed by atoms with Crippen LogP contribution in [-0.2, 0) is 4.79 Å². The van der Waals surface area contributed by atoms with Crippen molar-refractivity contribution in [2.75, 3.05) is 5.32 Å². The Labute approximate surface area is 119 Å². The molecule has 1 fully saturated rings. The average Bonchev–Trinajstić information content (AvgIpc) is 2.37. The van der Waals surface area contributed by atoms with Crippen LogP contribution >= 0.6 is 0 Å². The van der Waals surface area contributed by atoms with E-state index < -0.39 is 5.54 Å². The van der Waals surface area contributed by atoms with Crippen LogP contribution in [0.3, 0.4) is 0 Å². The molecule has 3 N–H and O–H groups in total. The molecule has 110 valence electrons. The molecule has 0 bridgehead atoms. The minimum Gasteiger partial charge on any atom is -0.371 e. The fraction of sp³-hybridized carbons (Fsp3) is 0.562. The predicted octanol–water partition coefficient (Wildman–Crippen LogP) is 3.37. The van der Waals surface area contributed by atoms with Crippen LogP contribution in [-0.4, -0.2) is 11.4 Å². The maximum absolute atomic E-state index is 13.5. The molecule has 0 radical (unpaired) electrons. The van der Waals surface area contributed by atoms with Crippen molar-refractivity contribution in [1.29, 1.82) is 0 Å². The normalized spacial score (nSPS) is 26.2. The molecular formula is C16H23FN2O. The number of primary amides is 1. The molecule has 1 aromatic carbocycles. The lowest BCUT2D eigenvalue weighted by atomic mass is 9.70. The van der Waals surface area contributed by atoms with E-state index in [1.807, 2.05) is 13.0 Å². The molecule has 4 heteroatoms. The fourth-order valence-corrected chi connectivity index (χ4v) is 3.41. The maximum atomic E-state index is 13.5. The number of aryl methyl sites for hydroxylation is 1. The minimum atomic E-state index is -0.743. The van der Waals surface area contributed by atoms with Gasteiger partial charge in [0.2, 0.25) is 5.91 Å². The second-order valence-electron chi connectivity index (χ2n) is 5.83. The van der Waals surface area contributed by atoms with Crippen LogP contribution < -0.4 is 11.1 Å². The fourth-order valence-electron chi connectivity index (χ4n) is 3.41. The van der Waals surface area contributed by atoms with Gasteiger partial charge in [0.05, 0.1) is 0 Å². The van der Waals surface area contributed by atoms with Crippen molar-refractivity contribution in [3.8, 4) is 0 Å². The van der Waals surface area contributed by atoms with Crippen LogP contribution in [0.15, 0.2) is 18.2 Å². The van der Waals surface area contributed by atoms with E-state index >= 15 is 0 Å². The number of anilines is 1. The lowest BCUT2D eigenvalue weighted by Crippen LogP contribution is -2.57. The summed E-state index contributed by atoms with van der Waals surface area (Å²) in [5.74, 6) is -0.417. The van der Waals surface area contributed by atoms with Crippen molar-refractivity contribution in [2.45, 2.75) is 51.5 Å². The van der Waals surface area contributed by atoms with Crippen molar-refractivity contribution in [3.05, 3.63) is 29.6 Å². The summed E-state index contributed by atoms with van der Waals surface area (Å²) in [6, 6.07) is 4.76. The van der Waals surface area contributed by atoms with Crippen molar-refractivity contribution in [2.24, 2.45) is 11.7 Å². The second-order valence-corrected chi connectivity index (χ2v) is 5.83. The molecule has 1 saturated carbocycles. The van der Waals surface area contributed by atoms with Crippen molar-refractivity contribution < 1.29 is 9.18 Å². The first-order valence-corrected chi connectivity index (χ1v) is 7.33. The van der Waals surface area contributed by atoms with Crippen molar-refractivity contribution in [3.63, 3.8) is 0 Å². The lowest BCUT2D eigenvalue weighted by molar-refractivity contribution is -0.125. The number of hydrogen-bond acceptors (Lipinski definition) is 2. The van der Waals surface area contributed by atoms with Gasteiger partial charge in [-0.1, -0.05) is 26.2 Å². The molecule has 20 heavy (non-hydrogen) atoms. The van der Waals surface area contributed by atoms with Crippen LogP contribution in [0.1, 0.15) is 44.6 Å². The summed E-state index contributed by atoms with van der Waals surface area (Å²) in [7, 11) is 0. The van der Waals surface area contributed by atoms with E-state index in [2.05, 4.69) is 12.2 Å². The third-order valence-electron chi connectivity index (χ3n) is 4.41. The zero-order valence-corrected chi connectivity index (χ0v) is 12.2. The summed E-state index contributed by atoms with van der Waals surface area (Å²) in [4.78, 5) is 12.1. The third kappa shape index (κ3) is 2.79. The molecule has 2 atom stereocenters. The van der Waals surface area contributed by atoms with E-state index in [9.17, 15) is 9.18 Å². The Morgan fingerprint density at radius 1 is 1.45 bits per heavy atom. The Morgan fingerprint density at radius 2 is 2.20 bits per heavy atom. The number of rotatable bonds is 4. The number of carbonyl (C=O) groups is 1. The Morgan fingerprint density at radius 3 is 2.80 bits per heavy atom. The van der Waals surface area contributed by atoms with E-state index in [1.54, 1.807) is 0 Å². The van der Waals surface area contributed by atoms with Gasteiger partial charge in [-0.2, -0.15) is 0 Å². The molecule has 0 saturated heterocycles. The molecule has 3 nitrogen and oxygen atoms in total. The number of halogens is 1. The maximum Gasteiger partial charge on any atom is 0.243 e. The minimum absolute atomic E-state index is 0.206. The zero-order valence-electron chi connectivity index (χ0n) is 12.2. The zero-order chi connectivity index (χ0) is 14.8. The summed E-state index contributed by atoms with van der Waals surface area (Å²) in [6.07, 6.45) is 4.69. The van der Waals surface area contributed by atoms with Crippen LogP contribution in [0.4, 0.5) is 10.1 Å². The van der Waals surface area contributed by atoms with Crippen LogP contribution in [0.25, 0.3) is 0 Å². The largest absolute Gasteiger partial charge is 0.371 e. The van der Waals surface area contributed by atoms with Gasteiger partial charge in [-0.25, -0.2) is 4.39 Å². The second kappa shape index (κ2) is 5.81. The van der Waals surface area contributed by atoms with E-state index in [1.165, 1.54) is 12.1 Å². The predicted molar refractivity (Wildman–Crippen MR) is 78.9 cm³/mol. The molecule has 1 aromatic rings. The van der Waals surface area contributed by atoms with Gasteiger partial charge in [-0.15, -0.1) is 0 Å². The lowest BCUT2D eigenvalue weighted by Gasteiger charge is -2.42. The molecule has 1 aliphatic carbocycles. The molecule has 1 aliphatic rings. The highest BCUT2D eigenvalue weighted by Gasteiger charge is 2.44. The number of nitrogens with one attached hydrogen (secondary N) is 1. The molecule has 2 rings (SSSR count).